The molecule has 9 heteroatoms. The van der Waals surface area contributed by atoms with Crippen LogP contribution in [0.15, 0.2) is 35.8 Å². The van der Waals surface area contributed by atoms with Crippen LogP contribution in [0.1, 0.15) is 25.1 Å². The minimum Gasteiger partial charge on any atom is -0.379 e. The van der Waals surface area contributed by atoms with Crippen molar-refractivity contribution in [3.63, 3.8) is 0 Å². The average Bonchev–Trinajstić information content (AvgIpc) is 3.40. The van der Waals surface area contributed by atoms with Crippen molar-refractivity contribution in [1.82, 2.24) is 20.2 Å². The molecule has 3 N–H and O–H groups in total. The molecule has 1 saturated heterocycles. The van der Waals surface area contributed by atoms with Crippen LogP contribution >= 0.6 is 11.3 Å². The normalized spacial score (nSPS) is 15.7. The number of hydrogen-bond donors (Lipinski definition) is 3. The van der Waals surface area contributed by atoms with Crippen molar-refractivity contribution < 1.29 is 14.3 Å². The summed E-state index contributed by atoms with van der Waals surface area (Å²) in [6.45, 7) is 7.60. The van der Waals surface area contributed by atoms with Crippen molar-refractivity contribution in [2.24, 2.45) is 5.92 Å². The highest BCUT2D eigenvalue weighted by molar-refractivity contribution is 7.13. The van der Waals surface area contributed by atoms with E-state index in [1.54, 1.807) is 0 Å². The lowest BCUT2D eigenvalue weighted by Crippen LogP contribution is -2.46. The maximum Gasteiger partial charge on any atom is 0.249 e. The number of anilines is 1. The van der Waals surface area contributed by atoms with Gasteiger partial charge in [-0.1, -0.05) is 32.0 Å². The van der Waals surface area contributed by atoms with E-state index in [1.165, 1.54) is 11.3 Å². The summed E-state index contributed by atoms with van der Waals surface area (Å²) in [4.78, 5) is 35.6. The number of aromatic nitrogens is 2. The molecule has 0 aliphatic carbocycles. The van der Waals surface area contributed by atoms with E-state index in [0.29, 0.717) is 11.6 Å². The van der Waals surface area contributed by atoms with Gasteiger partial charge in [0.1, 0.15) is 6.04 Å². The Morgan fingerprint density at radius 1 is 1.22 bits per heavy atom. The zero-order chi connectivity index (χ0) is 22.5. The number of carbonyl (C=O) groups is 2. The number of rotatable bonds is 8. The highest BCUT2D eigenvalue weighted by atomic mass is 32.1. The minimum absolute atomic E-state index is 0.155. The Labute approximate surface area is 191 Å². The number of benzene rings is 1. The molecule has 32 heavy (non-hydrogen) atoms. The third-order valence-corrected chi connectivity index (χ3v) is 6.33. The summed E-state index contributed by atoms with van der Waals surface area (Å²) in [5.74, 6) is -0.637. The Balaban J connectivity index is 1.45. The van der Waals surface area contributed by atoms with Gasteiger partial charge in [0.15, 0.2) is 5.13 Å². The number of carbonyl (C=O) groups excluding carboxylic acids is 2. The Kier molecular flexibility index (Phi) is 7.19. The molecular formula is C23H29N5O3S. The van der Waals surface area contributed by atoms with Crippen molar-refractivity contribution >= 4 is 39.2 Å². The molecule has 1 fully saturated rings. The first-order valence-corrected chi connectivity index (χ1v) is 11.8. The molecule has 8 nitrogen and oxygen atoms in total. The van der Waals surface area contributed by atoms with Gasteiger partial charge in [0, 0.05) is 54.5 Å². The van der Waals surface area contributed by atoms with Crippen LogP contribution < -0.4 is 10.6 Å². The summed E-state index contributed by atoms with van der Waals surface area (Å²) < 4.78 is 5.39. The Hall–Kier alpha value is -2.75. The second-order valence-corrected chi connectivity index (χ2v) is 9.16. The van der Waals surface area contributed by atoms with Crippen molar-refractivity contribution in [2.75, 3.05) is 31.6 Å². The second-order valence-electron chi connectivity index (χ2n) is 8.30. The predicted octanol–water partition coefficient (Wildman–Crippen LogP) is 2.78. The summed E-state index contributed by atoms with van der Waals surface area (Å²) in [7, 11) is 0. The number of fused-ring (bicyclic) bond motifs is 1. The topological polar surface area (TPSA) is 99.3 Å². The summed E-state index contributed by atoms with van der Waals surface area (Å²) >= 11 is 1.40. The predicted molar refractivity (Wildman–Crippen MR) is 126 cm³/mol. The zero-order valence-electron chi connectivity index (χ0n) is 18.4. The lowest BCUT2D eigenvalue weighted by molar-refractivity contribution is -0.128. The molecule has 170 valence electrons. The molecule has 0 saturated carbocycles. The van der Waals surface area contributed by atoms with Gasteiger partial charge in [-0.15, -0.1) is 11.3 Å². The molecular weight excluding hydrogens is 426 g/mol. The number of thiazole rings is 1. The number of morpholine rings is 1. The number of para-hydroxylation sites is 1. The number of hydrogen-bond acceptors (Lipinski definition) is 6. The number of ether oxygens (including phenoxy) is 1. The lowest BCUT2D eigenvalue weighted by Gasteiger charge is -2.25. The number of amides is 2. The highest BCUT2D eigenvalue weighted by Crippen LogP contribution is 2.21. The molecule has 1 unspecified atom stereocenters. The molecule has 0 spiro atoms. The third-order valence-electron chi connectivity index (χ3n) is 5.53. The maximum atomic E-state index is 13.1. The van der Waals surface area contributed by atoms with Gasteiger partial charge in [0.2, 0.25) is 11.8 Å². The zero-order valence-corrected chi connectivity index (χ0v) is 19.2. The van der Waals surface area contributed by atoms with Crippen LogP contribution in [0.4, 0.5) is 5.13 Å². The summed E-state index contributed by atoms with van der Waals surface area (Å²) in [6.07, 6.45) is 2.29. The van der Waals surface area contributed by atoms with E-state index in [-0.39, 0.29) is 17.7 Å². The van der Waals surface area contributed by atoms with Gasteiger partial charge >= 0.3 is 0 Å². The van der Waals surface area contributed by atoms with Gasteiger partial charge in [-0.05, 0) is 11.6 Å². The van der Waals surface area contributed by atoms with Gasteiger partial charge in [-0.3, -0.25) is 14.5 Å². The van der Waals surface area contributed by atoms with E-state index in [2.05, 4.69) is 25.5 Å². The molecule has 0 radical (unpaired) electrons. The fourth-order valence-electron chi connectivity index (χ4n) is 3.69. The molecule has 1 aromatic carbocycles. The fraction of sp³-hybridized carbons (Fsp3) is 0.435. The van der Waals surface area contributed by atoms with Gasteiger partial charge < -0.3 is 20.4 Å². The van der Waals surface area contributed by atoms with Crippen molar-refractivity contribution in [2.45, 2.75) is 32.9 Å². The molecule has 4 rings (SSSR count). The highest BCUT2D eigenvalue weighted by Gasteiger charge is 2.25. The first-order valence-electron chi connectivity index (χ1n) is 10.9. The minimum atomic E-state index is -0.698. The van der Waals surface area contributed by atoms with E-state index in [9.17, 15) is 9.59 Å². The maximum absolute atomic E-state index is 13.1. The van der Waals surface area contributed by atoms with Crippen molar-refractivity contribution in [1.29, 1.82) is 0 Å². The van der Waals surface area contributed by atoms with Crippen molar-refractivity contribution in [3.05, 3.63) is 47.1 Å². The summed E-state index contributed by atoms with van der Waals surface area (Å²) in [5.41, 5.74) is 2.91. The molecule has 0 bridgehead atoms. The molecule has 1 aliphatic heterocycles. The van der Waals surface area contributed by atoms with Gasteiger partial charge in [0.25, 0.3) is 0 Å². The molecule has 1 aliphatic rings. The quantitative estimate of drug-likeness (QED) is 0.485. The van der Waals surface area contributed by atoms with Crippen molar-refractivity contribution in [3.8, 4) is 0 Å². The van der Waals surface area contributed by atoms with Gasteiger partial charge in [0.05, 0.1) is 18.9 Å². The number of nitrogens with zero attached hydrogens (tertiary/aromatic N) is 2. The van der Waals surface area contributed by atoms with Crippen LogP contribution in [0.25, 0.3) is 10.9 Å². The number of aromatic amines is 1. The monoisotopic (exact) mass is 455 g/mol. The van der Waals surface area contributed by atoms with Crippen LogP contribution in [0, 0.1) is 5.92 Å². The Morgan fingerprint density at radius 2 is 2.00 bits per heavy atom. The Morgan fingerprint density at radius 3 is 2.78 bits per heavy atom. The molecule has 2 aromatic heterocycles. The molecule has 3 aromatic rings. The second kappa shape index (κ2) is 10.2. The van der Waals surface area contributed by atoms with E-state index in [1.807, 2.05) is 49.7 Å². The van der Waals surface area contributed by atoms with Gasteiger partial charge in [-0.25, -0.2) is 4.98 Å². The lowest BCUT2D eigenvalue weighted by atomic mass is 10.0. The third kappa shape index (κ3) is 5.53. The SMILES string of the molecule is CC(C)C(=O)NC(Cc1c[nH]c2ccccc12)C(=O)Nc1nc(CN2CCOCC2)cs1. The number of nitrogens with one attached hydrogen (secondary N) is 3. The smallest absolute Gasteiger partial charge is 0.249 e. The molecule has 2 amide bonds. The van der Waals surface area contributed by atoms with Crippen LogP contribution in [0.3, 0.4) is 0 Å². The van der Waals surface area contributed by atoms with Crippen LogP contribution in [0.2, 0.25) is 0 Å². The fourth-order valence-corrected chi connectivity index (χ4v) is 4.39. The molecule has 3 heterocycles. The standard InChI is InChI=1S/C23H29N5O3S/c1-15(2)21(29)26-20(11-16-12-24-19-6-4-3-5-18(16)19)22(30)27-23-25-17(14-32-23)13-28-7-9-31-10-8-28/h3-6,12,14-15,20,24H,7-11,13H2,1-2H3,(H,26,29)(H,25,27,30). The summed E-state index contributed by atoms with van der Waals surface area (Å²) in [5, 5.41) is 9.36. The largest absolute Gasteiger partial charge is 0.379 e. The first kappa shape index (κ1) is 22.4. The van der Waals surface area contributed by atoms with E-state index < -0.39 is 6.04 Å². The number of H-pyrrole nitrogens is 1. The van der Waals surface area contributed by atoms with E-state index in [0.717, 1.165) is 55.0 Å². The summed E-state index contributed by atoms with van der Waals surface area (Å²) in [6, 6.07) is 7.23. The van der Waals surface area contributed by atoms with E-state index >= 15 is 0 Å². The van der Waals surface area contributed by atoms with Gasteiger partial charge in [-0.2, -0.15) is 0 Å². The average molecular weight is 456 g/mol. The Bertz CT molecular complexity index is 1070. The van der Waals surface area contributed by atoms with Crippen LogP contribution in [0.5, 0.6) is 0 Å². The van der Waals surface area contributed by atoms with Crippen LogP contribution in [-0.2, 0) is 27.3 Å². The van der Waals surface area contributed by atoms with Crippen LogP contribution in [-0.4, -0.2) is 59.0 Å². The molecule has 1 atom stereocenters. The first-order chi connectivity index (χ1) is 15.5. The van der Waals surface area contributed by atoms with E-state index in [4.69, 9.17) is 4.74 Å².